The maximum Gasteiger partial charge on any atom is 0.0964 e. The van der Waals surface area contributed by atoms with E-state index < -0.39 is 6.10 Å². The molecule has 1 saturated heterocycles. The number of morpholine rings is 1. The highest BCUT2D eigenvalue weighted by molar-refractivity contribution is 6.42. The molecule has 1 aliphatic rings. The molecule has 0 amide bonds. The molecule has 1 aromatic rings. The van der Waals surface area contributed by atoms with Gasteiger partial charge in [0.1, 0.15) is 0 Å². The van der Waals surface area contributed by atoms with E-state index in [1.165, 1.54) is 0 Å². The summed E-state index contributed by atoms with van der Waals surface area (Å²) >= 11 is 11.9. The molecule has 1 heterocycles. The minimum Gasteiger partial charge on any atom is -0.390 e. The maximum atomic E-state index is 10.4. The topological polar surface area (TPSA) is 32.7 Å². The first kappa shape index (κ1) is 16.1. The van der Waals surface area contributed by atoms with E-state index in [4.69, 9.17) is 27.9 Å². The summed E-state index contributed by atoms with van der Waals surface area (Å²) in [6, 6.07) is 5.92. The summed E-state index contributed by atoms with van der Waals surface area (Å²) in [5.74, 6) is 0. The Morgan fingerprint density at radius 3 is 2.75 bits per heavy atom. The molecule has 2 unspecified atom stereocenters. The molecule has 0 saturated carbocycles. The van der Waals surface area contributed by atoms with Crippen LogP contribution in [0.1, 0.15) is 19.4 Å². The van der Waals surface area contributed by atoms with E-state index in [9.17, 15) is 5.11 Å². The predicted octanol–water partition coefficient (Wildman–Crippen LogP) is 3.01. The average Bonchev–Trinajstić information content (AvgIpc) is 2.43. The summed E-state index contributed by atoms with van der Waals surface area (Å²) in [4.78, 5) is 2.33. The van der Waals surface area contributed by atoms with Gasteiger partial charge in [-0.1, -0.05) is 29.3 Å². The maximum absolute atomic E-state index is 10.4. The monoisotopic (exact) mass is 317 g/mol. The first-order valence-electron chi connectivity index (χ1n) is 6.95. The van der Waals surface area contributed by atoms with E-state index in [-0.39, 0.29) is 6.10 Å². The number of hydrogen-bond acceptors (Lipinski definition) is 3. The van der Waals surface area contributed by atoms with Crippen LogP contribution in [0.2, 0.25) is 10.0 Å². The van der Waals surface area contributed by atoms with Crippen molar-refractivity contribution < 1.29 is 9.84 Å². The Labute approximate surface area is 130 Å². The smallest absolute Gasteiger partial charge is 0.0964 e. The zero-order chi connectivity index (χ0) is 14.7. The number of aliphatic hydroxyl groups is 1. The molecule has 0 aromatic heterocycles. The van der Waals surface area contributed by atoms with Gasteiger partial charge >= 0.3 is 0 Å². The number of hydrogen-bond donors (Lipinski definition) is 1. The van der Waals surface area contributed by atoms with Gasteiger partial charge in [-0.3, -0.25) is 4.90 Å². The molecule has 2 atom stereocenters. The van der Waals surface area contributed by atoms with Crippen LogP contribution in [0.25, 0.3) is 0 Å². The molecule has 0 spiro atoms. The molecular weight excluding hydrogens is 297 g/mol. The number of ether oxygens (including phenoxy) is 1. The summed E-state index contributed by atoms with van der Waals surface area (Å²) in [5.41, 5.74) is 0.970. The van der Waals surface area contributed by atoms with Crippen molar-refractivity contribution in [3.05, 3.63) is 33.8 Å². The van der Waals surface area contributed by atoms with Crippen molar-refractivity contribution >= 4 is 23.2 Å². The van der Waals surface area contributed by atoms with Crippen LogP contribution in [0, 0.1) is 0 Å². The third kappa shape index (κ3) is 4.09. The molecule has 5 heteroatoms. The van der Waals surface area contributed by atoms with Crippen LogP contribution in [0.15, 0.2) is 18.2 Å². The lowest BCUT2D eigenvalue weighted by Crippen LogP contribution is -2.50. The Morgan fingerprint density at radius 1 is 1.35 bits per heavy atom. The Balaban J connectivity index is 1.96. The van der Waals surface area contributed by atoms with Gasteiger partial charge in [-0.25, -0.2) is 0 Å². The minimum atomic E-state index is -0.534. The highest BCUT2D eigenvalue weighted by atomic mass is 35.5. The molecular formula is C15H21Cl2NO2. The van der Waals surface area contributed by atoms with Crippen molar-refractivity contribution in [2.24, 2.45) is 0 Å². The third-order valence-corrected chi connectivity index (χ3v) is 4.45. The number of nitrogens with zero attached hydrogens (tertiary/aromatic N) is 1. The first-order valence-corrected chi connectivity index (χ1v) is 7.70. The van der Waals surface area contributed by atoms with Crippen LogP contribution < -0.4 is 0 Å². The van der Waals surface area contributed by atoms with Crippen molar-refractivity contribution in [1.29, 1.82) is 0 Å². The van der Waals surface area contributed by atoms with Crippen molar-refractivity contribution in [3.63, 3.8) is 0 Å². The molecule has 3 nitrogen and oxygen atoms in total. The number of aliphatic hydroxyl groups excluding tert-OH is 1. The fraction of sp³-hybridized carbons (Fsp3) is 0.600. The molecule has 0 radical (unpaired) electrons. The first-order chi connectivity index (χ1) is 9.47. The number of rotatable bonds is 4. The number of benzene rings is 1. The Bertz CT molecular complexity index is 453. The van der Waals surface area contributed by atoms with Crippen LogP contribution in [0.3, 0.4) is 0 Å². The van der Waals surface area contributed by atoms with Crippen LogP contribution in [0.5, 0.6) is 0 Å². The molecule has 1 aromatic carbocycles. The lowest BCUT2D eigenvalue weighted by molar-refractivity contribution is -0.0940. The largest absolute Gasteiger partial charge is 0.390 e. The van der Waals surface area contributed by atoms with Crippen molar-refractivity contribution in [3.8, 4) is 0 Å². The highest BCUT2D eigenvalue weighted by Gasteiger charge is 2.28. The summed E-state index contributed by atoms with van der Waals surface area (Å²) in [6.07, 6.45) is -0.164. The van der Waals surface area contributed by atoms with E-state index >= 15 is 0 Å². The average molecular weight is 318 g/mol. The lowest BCUT2D eigenvalue weighted by atomic mass is 10.0. The van der Waals surface area contributed by atoms with E-state index in [0.29, 0.717) is 29.1 Å². The van der Waals surface area contributed by atoms with Gasteiger partial charge in [0, 0.05) is 25.6 Å². The second-order valence-electron chi connectivity index (χ2n) is 5.52. The van der Waals surface area contributed by atoms with Gasteiger partial charge < -0.3 is 9.84 Å². The Morgan fingerprint density at radius 2 is 2.10 bits per heavy atom. The fourth-order valence-corrected chi connectivity index (χ4v) is 2.76. The Kier molecular flexibility index (Phi) is 5.70. The summed E-state index contributed by atoms with van der Waals surface area (Å²) in [7, 11) is 0. The Hall–Kier alpha value is -0.320. The van der Waals surface area contributed by atoms with E-state index in [2.05, 4.69) is 18.7 Å². The molecule has 1 aliphatic heterocycles. The fourth-order valence-electron chi connectivity index (χ4n) is 2.44. The van der Waals surface area contributed by atoms with Crippen LogP contribution in [-0.4, -0.2) is 48.0 Å². The predicted molar refractivity (Wildman–Crippen MR) is 82.6 cm³/mol. The highest BCUT2D eigenvalue weighted by Crippen LogP contribution is 2.24. The lowest BCUT2D eigenvalue weighted by Gasteiger charge is -2.37. The molecule has 1 fully saturated rings. The van der Waals surface area contributed by atoms with Gasteiger partial charge in [-0.2, -0.15) is 0 Å². The molecule has 20 heavy (non-hydrogen) atoms. The zero-order valence-corrected chi connectivity index (χ0v) is 13.4. The standard InChI is InChI=1S/C15H21Cl2NO2/c1-10(2)18-5-6-20-15(9-18)14(19)8-11-3-4-12(16)13(17)7-11/h3-4,7,10,14-15,19H,5-6,8-9H2,1-2H3. The van der Waals surface area contributed by atoms with Crippen molar-refractivity contribution in [2.75, 3.05) is 19.7 Å². The second-order valence-corrected chi connectivity index (χ2v) is 6.33. The summed E-state index contributed by atoms with van der Waals surface area (Å²) in [5, 5.41) is 11.4. The van der Waals surface area contributed by atoms with Crippen LogP contribution >= 0.6 is 23.2 Å². The number of halogens is 2. The van der Waals surface area contributed by atoms with Gasteiger partial charge in [0.25, 0.3) is 0 Å². The van der Waals surface area contributed by atoms with Gasteiger partial charge in [0.15, 0.2) is 0 Å². The molecule has 112 valence electrons. The SMILES string of the molecule is CC(C)N1CCOC(C(O)Cc2ccc(Cl)c(Cl)c2)C1. The molecule has 1 N–H and O–H groups in total. The van der Waals surface area contributed by atoms with E-state index in [1.54, 1.807) is 12.1 Å². The zero-order valence-electron chi connectivity index (χ0n) is 11.9. The summed E-state index contributed by atoms with van der Waals surface area (Å²) < 4.78 is 5.70. The van der Waals surface area contributed by atoms with Gasteiger partial charge in [0.2, 0.25) is 0 Å². The second kappa shape index (κ2) is 7.10. The third-order valence-electron chi connectivity index (χ3n) is 3.71. The van der Waals surface area contributed by atoms with Gasteiger partial charge in [-0.15, -0.1) is 0 Å². The van der Waals surface area contributed by atoms with Crippen molar-refractivity contribution in [2.45, 2.75) is 38.5 Å². The summed E-state index contributed by atoms with van der Waals surface area (Å²) in [6.45, 7) is 6.68. The van der Waals surface area contributed by atoms with E-state index in [1.807, 2.05) is 6.07 Å². The van der Waals surface area contributed by atoms with Gasteiger partial charge in [-0.05, 0) is 31.5 Å². The normalized spacial score (nSPS) is 22.2. The minimum absolute atomic E-state index is 0.152. The molecule has 0 bridgehead atoms. The van der Waals surface area contributed by atoms with Crippen molar-refractivity contribution in [1.82, 2.24) is 4.90 Å². The van der Waals surface area contributed by atoms with E-state index in [0.717, 1.165) is 18.7 Å². The van der Waals surface area contributed by atoms with Crippen LogP contribution in [0.4, 0.5) is 0 Å². The van der Waals surface area contributed by atoms with Gasteiger partial charge in [0.05, 0.1) is 28.9 Å². The quantitative estimate of drug-likeness (QED) is 0.926. The molecule has 0 aliphatic carbocycles. The molecule has 2 rings (SSSR count). The van der Waals surface area contributed by atoms with Crippen LogP contribution in [-0.2, 0) is 11.2 Å².